The van der Waals surface area contributed by atoms with Gasteiger partial charge in [-0.05, 0) is 36.8 Å². The normalized spacial score (nSPS) is 10.9. The van der Waals surface area contributed by atoms with Crippen molar-refractivity contribution in [2.24, 2.45) is 0 Å². The maximum atomic E-state index is 14.2. The Balaban J connectivity index is 1.84. The number of hydrogen-bond acceptors (Lipinski definition) is 3. The number of nitrogens with one attached hydrogen (secondary N) is 2. The van der Waals surface area contributed by atoms with Crippen LogP contribution >= 0.6 is 0 Å². The molecule has 0 amide bonds. The van der Waals surface area contributed by atoms with Crippen molar-refractivity contribution >= 4 is 0 Å². The monoisotopic (exact) mass is 319 g/mol. The van der Waals surface area contributed by atoms with E-state index in [-0.39, 0.29) is 5.82 Å². The Morgan fingerprint density at radius 1 is 1.04 bits per heavy atom. The number of aryl methyl sites for hydroxylation is 1. The van der Waals surface area contributed by atoms with Crippen LogP contribution in [0.3, 0.4) is 0 Å². The molecule has 24 heavy (non-hydrogen) atoms. The molecule has 118 valence electrons. The van der Waals surface area contributed by atoms with Gasteiger partial charge in [0.05, 0.1) is 35.8 Å². The standard InChI is InChI=1S/C18H14FN5/c1-11-3-2-4-16(23-11)18-14(8-22-24-18)12-5-6-15(19)13(7-12)17-9-20-10-21-17/h2-10H,1H3,(H,20,21)(H,22,24). The fraction of sp³-hybridized carbons (Fsp3) is 0.0556. The highest BCUT2D eigenvalue weighted by Gasteiger charge is 2.14. The van der Waals surface area contributed by atoms with Crippen LogP contribution in [0.25, 0.3) is 33.8 Å². The third-order valence-corrected chi connectivity index (χ3v) is 3.85. The number of imidazole rings is 1. The van der Waals surface area contributed by atoms with Gasteiger partial charge in [0.1, 0.15) is 5.82 Å². The van der Waals surface area contributed by atoms with Crippen LogP contribution < -0.4 is 0 Å². The highest BCUT2D eigenvalue weighted by atomic mass is 19.1. The fourth-order valence-electron chi connectivity index (χ4n) is 2.68. The van der Waals surface area contributed by atoms with E-state index < -0.39 is 0 Å². The first-order valence-corrected chi connectivity index (χ1v) is 7.48. The largest absolute Gasteiger partial charge is 0.345 e. The average molecular weight is 319 g/mol. The number of nitrogens with zero attached hydrogens (tertiary/aromatic N) is 3. The quantitative estimate of drug-likeness (QED) is 0.600. The molecule has 0 atom stereocenters. The summed E-state index contributed by atoms with van der Waals surface area (Å²) in [5.74, 6) is -0.304. The molecule has 0 fully saturated rings. The van der Waals surface area contributed by atoms with Gasteiger partial charge in [0, 0.05) is 16.8 Å². The zero-order chi connectivity index (χ0) is 16.5. The van der Waals surface area contributed by atoms with Crippen molar-refractivity contribution in [3.05, 3.63) is 66.6 Å². The number of aromatic amines is 2. The molecule has 0 spiro atoms. The summed E-state index contributed by atoms with van der Waals surface area (Å²) in [4.78, 5) is 11.4. The topological polar surface area (TPSA) is 70.2 Å². The maximum absolute atomic E-state index is 14.2. The first kappa shape index (κ1) is 14.3. The van der Waals surface area contributed by atoms with Crippen molar-refractivity contribution in [1.82, 2.24) is 25.1 Å². The lowest BCUT2D eigenvalue weighted by Crippen LogP contribution is -1.90. The first-order chi connectivity index (χ1) is 11.7. The van der Waals surface area contributed by atoms with Crippen LogP contribution in [-0.2, 0) is 0 Å². The minimum absolute atomic E-state index is 0.304. The maximum Gasteiger partial charge on any atom is 0.132 e. The van der Waals surface area contributed by atoms with Crippen LogP contribution in [0.2, 0.25) is 0 Å². The van der Waals surface area contributed by atoms with E-state index in [0.717, 1.165) is 28.2 Å². The molecule has 1 aromatic carbocycles. The van der Waals surface area contributed by atoms with Crippen molar-refractivity contribution in [1.29, 1.82) is 0 Å². The molecule has 0 bridgehead atoms. The molecule has 0 aliphatic rings. The van der Waals surface area contributed by atoms with Crippen molar-refractivity contribution < 1.29 is 4.39 Å². The fourth-order valence-corrected chi connectivity index (χ4v) is 2.68. The number of H-pyrrole nitrogens is 2. The third-order valence-electron chi connectivity index (χ3n) is 3.85. The Bertz CT molecular complexity index is 988. The molecule has 3 aromatic heterocycles. The minimum atomic E-state index is -0.304. The summed E-state index contributed by atoms with van der Waals surface area (Å²) in [6.45, 7) is 1.94. The lowest BCUT2D eigenvalue weighted by atomic mass is 10.0. The molecule has 0 aliphatic heterocycles. The Labute approximate surface area is 137 Å². The van der Waals surface area contributed by atoms with Gasteiger partial charge >= 0.3 is 0 Å². The minimum Gasteiger partial charge on any atom is -0.345 e. The third kappa shape index (κ3) is 2.48. The number of benzene rings is 1. The summed E-state index contributed by atoms with van der Waals surface area (Å²) in [5.41, 5.74) is 5.35. The van der Waals surface area contributed by atoms with Gasteiger partial charge in [-0.25, -0.2) is 9.37 Å². The Morgan fingerprint density at radius 3 is 2.75 bits per heavy atom. The van der Waals surface area contributed by atoms with E-state index in [0.29, 0.717) is 11.3 Å². The summed E-state index contributed by atoms with van der Waals surface area (Å²) >= 11 is 0. The lowest BCUT2D eigenvalue weighted by Gasteiger charge is -2.07. The molecule has 5 nitrogen and oxygen atoms in total. The van der Waals surface area contributed by atoms with Gasteiger partial charge < -0.3 is 4.98 Å². The number of hydrogen-bond donors (Lipinski definition) is 2. The molecule has 0 saturated heterocycles. The molecule has 4 aromatic rings. The molecular weight excluding hydrogens is 305 g/mol. The second-order valence-electron chi connectivity index (χ2n) is 5.48. The first-order valence-electron chi connectivity index (χ1n) is 7.48. The molecule has 2 N–H and O–H groups in total. The second kappa shape index (κ2) is 5.73. The van der Waals surface area contributed by atoms with Crippen molar-refractivity contribution in [3.63, 3.8) is 0 Å². The Hall–Kier alpha value is -3.28. The number of halogens is 1. The lowest BCUT2D eigenvalue weighted by molar-refractivity contribution is 0.631. The highest BCUT2D eigenvalue weighted by molar-refractivity contribution is 5.81. The Morgan fingerprint density at radius 2 is 1.96 bits per heavy atom. The van der Waals surface area contributed by atoms with Gasteiger partial charge in [0.15, 0.2) is 0 Å². The zero-order valence-electron chi connectivity index (χ0n) is 12.9. The van der Waals surface area contributed by atoms with Gasteiger partial charge in [0.2, 0.25) is 0 Å². The SMILES string of the molecule is Cc1cccc(-c2[nH]ncc2-c2ccc(F)c(-c3cnc[nH]3)c2)n1. The number of rotatable bonds is 3. The molecule has 0 radical (unpaired) electrons. The molecule has 6 heteroatoms. The smallest absolute Gasteiger partial charge is 0.132 e. The Kier molecular flexibility index (Phi) is 3.42. The summed E-state index contributed by atoms with van der Waals surface area (Å²) in [5, 5.41) is 7.13. The van der Waals surface area contributed by atoms with Gasteiger partial charge in [0.25, 0.3) is 0 Å². The number of pyridine rings is 1. The van der Waals surface area contributed by atoms with Crippen LogP contribution in [0.5, 0.6) is 0 Å². The van der Waals surface area contributed by atoms with E-state index >= 15 is 0 Å². The predicted molar refractivity (Wildman–Crippen MR) is 89.5 cm³/mol. The van der Waals surface area contributed by atoms with E-state index in [4.69, 9.17) is 0 Å². The number of aromatic nitrogens is 5. The van der Waals surface area contributed by atoms with Crippen molar-refractivity contribution in [3.8, 4) is 33.8 Å². The molecular formula is C18H14FN5. The van der Waals surface area contributed by atoms with Gasteiger partial charge in [-0.15, -0.1) is 0 Å². The summed E-state index contributed by atoms with van der Waals surface area (Å²) in [6, 6.07) is 10.8. The van der Waals surface area contributed by atoms with Crippen LogP contribution in [0.1, 0.15) is 5.69 Å². The van der Waals surface area contributed by atoms with E-state index in [1.54, 1.807) is 24.5 Å². The van der Waals surface area contributed by atoms with Crippen LogP contribution in [-0.4, -0.2) is 25.1 Å². The molecule has 0 saturated carbocycles. The van der Waals surface area contributed by atoms with Gasteiger partial charge in [-0.2, -0.15) is 5.10 Å². The molecule has 4 rings (SSSR count). The van der Waals surface area contributed by atoms with E-state index in [1.165, 1.54) is 12.4 Å². The summed E-state index contributed by atoms with van der Waals surface area (Å²) < 4.78 is 14.2. The van der Waals surface area contributed by atoms with Crippen LogP contribution in [0.15, 0.2) is 55.1 Å². The molecule has 0 aliphatic carbocycles. The zero-order valence-corrected chi connectivity index (χ0v) is 12.9. The van der Waals surface area contributed by atoms with Crippen molar-refractivity contribution in [2.45, 2.75) is 6.92 Å². The molecule has 3 heterocycles. The van der Waals surface area contributed by atoms with Crippen molar-refractivity contribution in [2.75, 3.05) is 0 Å². The summed E-state index contributed by atoms with van der Waals surface area (Å²) in [7, 11) is 0. The summed E-state index contributed by atoms with van der Waals surface area (Å²) in [6.07, 6.45) is 4.85. The average Bonchev–Trinajstić information content (AvgIpc) is 3.27. The van der Waals surface area contributed by atoms with Gasteiger partial charge in [-0.1, -0.05) is 12.1 Å². The predicted octanol–water partition coefficient (Wildman–Crippen LogP) is 3.98. The second-order valence-corrected chi connectivity index (χ2v) is 5.48. The van der Waals surface area contributed by atoms with Crippen LogP contribution in [0.4, 0.5) is 4.39 Å². The van der Waals surface area contributed by atoms with E-state index in [9.17, 15) is 4.39 Å². The highest BCUT2D eigenvalue weighted by Crippen LogP contribution is 2.32. The van der Waals surface area contributed by atoms with Crippen LogP contribution in [0, 0.1) is 12.7 Å². The van der Waals surface area contributed by atoms with E-state index in [1.807, 2.05) is 25.1 Å². The van der Waals surface area contributed by atoms with E-state index in [2.05, 4.69) is 25.1 Å². The molecule has 0 unspecified atom stereocenters. The van der Waals surface area contributed by atoms with Gasteiger partial charge in [-0.3, -0.25) is 10.1 Å².